The number of carbonyl (C=O) groups is 3. The molecule has 0 spiro atoms. The Morgan fingerprint density at radius 2 is 1.44 bits per heavy atom. The maximum absolute atomic E-state index is 13.5. The van der Waals surface area contributed by atoms with Gasteiger partial charge in [0.1, 0.15) is 17.7 Å². The van der Waals surface area contributed by atoms with Gasteiger partial charge in [0.15, 0.2) is 0 Å². The minimum Gasteiger partial charge on any atom is -0.453 e. The van der Waals surface area contributed by atoms with Gasteiger partial charge in [-0.15, -0.1) is 0 Å². The number of nitrogens with one attached hydrogen (secondary N) is 4. The molecule has 4 N–H and O–H groups in total. The number of carbonyl (C=O) groups excluding carboxylic acids is 3. The second kappa shape index (κ2) is 20.2. The first-order valence-corrected chi connectivity index (χ1v) is 20.7. The Labute approximate surface area is 346 Å². The zero-order valence-corrected chi connectivity index (χ0v) is 34.9. The molecule has 1 aliphatic heterocycles. The number of likely N-dealkylation sites (tertiary alicyclic amines) is 1. The van der Waals surface area contributed by atoms with Gasteiger partial charge in [0, 0.05) is 32.0 Å². The molecule has 5 aromatic rings. The van der Waals surface area contributed by atoms with Gasteiger partial charge in [-0.25, -0.2) is 14.8 Å². The third-order valence-electron chi connectivity index (χ3n) is 11.8. The third kappa shape index (κ3) is 10.0. The molecule has 3 fully saturated rings. The van der Waals surface area contributed by atoms with Gasteiger partial charge >= 0.3 is 6.09 Å². The van der Waals surface area contributed by atoms with Gasteiger partial charge in [-0.3, -0.25) is 19.6 Å². The molecule has 7 unspecified atom stereocenters. The normalized spacial score (nSPS) is 20.6. The molecule has 3 amide bonds. The van der Waals surface area contributed by atoms with Crippen LogP contribution in [0, 0.1) is 11.8 Å². The molecular weight excluding hydrogens is 747 g/mol. The zero-order chi connectivity index (χ0) is 41.9. The van der Waals surface area contributed by atoms with Crippen LogP contribution in [0.2, 0.25) is 0 Å². The number of aromatic nitrogens is 6. The van der Waals surface area contributed by atoms with Gasteiger partial charge in [0.05, 0.1) is 61.0 Å². The molecule has 2 aromatic carbocycles. The highest BCUT2D eigenvalue weighted by atomic mass is 16.5. The van der Waals surface area contributed by atoms with Crippen LogP contribution in [0.5, 0.6) is 0 Å². The molecule has 4 heterocycles. The lowest BCUT2D eigenvalue weighted by atomic mass is 9.88. The van der Waals surface area contributed by atoms with E-state index in [1.54, 1.807) is 30.4 Å². The van der Waals surface area contributed by atoms with Gasteiger partial charge in [-0.2, -0.15) is 0 Å². The number of methoxy groups -OCH3 is 2. The number of rotatable bonds is 12. The summed E-state index contributed by atoms with van der Waals surface area (Å²) in [5.74, 6) is 3.98. The lowest BCUT2D eigenvalue weighted by Gasteiger charge is -2.30. The van der Waals surface area contributed by atoms with Crippen LogP contribution in [0.15, 0.2) is 79.5 Å². The predicted octanol–water partition coefficient (Wildman–Crippen LogP) is 7.77. The maximum atomic E-state index is 13.5. The van der Waals surface area contributed by atoms with E-state index in [9.17, 15) is 14.4 Å². The molecule has 2 bridgehead atoms. The highest BCUT2D eigenvalue weighted by Gasteiger charge is 2.42. The van der Waals surface area contributed by atoms with Crippen LogP contribution in [0.25, 0.3) is 33.6 Å². The van der Waals surface area contributed by atoms with Gasteiger partial charge < -0.3 is 35.0 Å². The standard InChI is InChI=1S/C36H42N6O4.C7H9N3O.C2H6/c1-21(45-2)32(41-36(44)46-3)35(43)42-16-4-5-31(42)34-38-20-30(40-34)26-14-10-24(11-15-26)23-8-12-25(13-9-23)29-19-37-33(39-29)28-18-22-6-7-27(28)17-22;1-6(10-5-11)7-4-8-2-3-9-7;1-2/h8-15,19-22,27-28,31-32H,4-7,16-18H2,1-3H3,(H,37,39)(H,38,40)(H,41,44);2-6H,1H3,(H,10,11);1-2H3. The molecule has 2 saturated carbocycles. The second-order valence-corrected chi connectivity index (χ2v) is 15.2. The van der Waals surface area contributed by atoms with Gasteiger partial charge in [-0.05, 0) is 80.0 Å². The van der Waals surface area contributed by atoms with E-state index in [0.29, 0.717) is 18.9 Å². The van der Waals surface area contributed by atoms with Crippen molar-refractivity contribution < 1.29 is 23.9 Å². The Bertz CT molecular complexity index is 2100. The van der Waals surface area contributed by atoms with Gasteiger partial charge in [-0.1, -0.05) is 68.8 Å². The summed E-state index contributed by atoms with van der Waals surface area (Å²) >= 11 is 0. The molecule has 0 radical (unpaired) electrons. The summed E-state index contributed by atoms with van der Waals surface area (Å²) in [4.78, 5) is 61.7. The number of alkyl carbamates (subject to hydrolysis) is 1. The van der Waals surface area contributed by atoms with Crippen LogP contribution < -0.4 is 10.6 Å². The average Bonchev–Trinajstić information content (AvgIpc) is 4.16. The molecule has 2 aliphatic carbocycles. The Balaban J connectivity index is 0.000000388. The number of hydrogen-bond donors (Lipinski definition) is 4. The van der Waals surface area contributed by atoms with E-state index < -0.39 is 18.2 Å². The first-order valence-electron chi connectivity index (χ1n) is 20.7. The number of benzene rings is 2. The number of aromatic amines is 2. The molecule has 3 aromatic heterocycles. The topological polar surface area (TPSA) is 180 Å². The van der Waals surface area contributed by atoms with E-state index in [1.165, 1.54) is 39.9 Å². The fourth-order valence-corrected chi connectivity index (χ4v) is 8.51. The van der Waals surface area contributed by atoms with E-state index in [4.69, 9.17) is 14.5 Å². The van der Waals surface area contributed by atoms with E-state index in [2.05, 4.69) is 84.1 Å². The summed E-state index contributed by atoms with van der Waals surface area (Å²) in [5, 5.41) is 5.21. The van der Waals surface area contributed by atoms with E-state index in [1.807, 2.05) is 33.2 Å². The van der Waals surface area contributed by atoms with Gasteiger partial charge in [0.25, 0.3) is 0 Å². The average molecular weight is 804 g/mol. The number of imidazole rings is 2. The number of nitrogens with zero attached hydrogens (tertiary/aromatic N) is 5. The molecular formula is C45H57N9O5. The Hall–Kier alpha value is -5.89. The molecule has 8 rings (SSSR count). The van der Waals surface area contributed by atoms with Crippen molar-refractivity contribution in [3.05, 3.63) is 96.9 Å². The zero-order valence-electron chi connectivity index (χ0n) is 34.9. The summed E-state index contributed by atoms with van der Waals surface area (Å²) in [6.07, 6.45) is 15.1. The van der Waals surface area contributed by atoms with Crippen LogP contribution in [0.1, 0.15) is 102 Å². The van der Waals surface area contributed by atoms with Crippen molar-refractivity contribution in [2.75, 3.05) is 20.8 Å². The summed E-state index contributed by atoms with van der Waals surface area (Å²) in [5.41, 5.74) is 7.17. The number of hydrogen-bond acceptors (Lipinski definition) is 9. The van der Waals surface area contributed by atoms with Crippen molar-refractivity contribution in [2.45, 2.75) is 96.4 Å². The predicted molar refractivity (Wildman–Crippen MR) is 226 cm³/mol. The molecule has 7 atom stereocenters. The lowest BCUT2D eigenvalue weighted by Crippen LogP contribution is -2.54. The van der Waals surface area contributed by atoms with Crippen LogP contribution in [-0.4, -0.2) is 86.1 Å². The summed E-state index contributed by atoms with van der Waals surface area (Å²) in [7, 11) is 2.79. The van der Waals surface area contributed by atoms with Crippen LogP contribution in [0.3, 0.4) is 0 Å². The van der Waals surface area contributed by atoms with E-state index >= 15 is 0 Å². The first kappa shape index (κ1) is 42.7. The number of amides is 3. The fraction of sp³-hybridized carbons (Fsp3) is 0.444. The van der Waals surface area contributed by atoms with Crippen LogP contribution in [-0.2, 0) is 19.1 Å². The lowest BCUT2D eigenvalue weighted by molar-refractivity contribution is -0.137. The molecule has 3 aliphatic rings. The molecule has 59 heavy (non-hydrogen) atoms. The summed E-state index contributed by atoms with van der Waals surface area (Å²) < 4.78 is 10.1. The van der Waals surface area contributed by atoms with Crippen molar-refractivity contribution in [3.8, 4) is 33.6 Å². The van der Waals surface area contributed by atoms with Crippen LogP contribution in [0.4, 0.5) is 4.79 Å². The van der Waals surface area contributed by atoms with Crippen molar-refractivity contribution in [2.24, 2.45) is 11.8 Å². The number of ether oxygens (including phenoxy) is 2. The van der Waals surface area contributed by atoms with Crippen molar-refractivity contribution >= 4 is 18.4 Å². The highest BCUT2D eigenvalue weighted by Crippen LogP contribution is 2.52. The van der Waals surface area contributed by atoms with Crippen molar-refractivity contribution in [3.63, 3.8) is 0 Å². The largest absolute Gasteiger partial charge is 0.453 e. The van der Waals surface area contributed by atoms with E-state index in [0.717, 1.165) is 75.7 Å². The van der Waals surface area contributed by atoms with Gasteiger partial charge in [0.2, 0.25) is 12.3 Å². The Morgan fingerprint density at radius 1 is 0.814 bits per heavy atom. The monoisotopic (exact) mass is 803 g/mol. The SMILES string of the molecule is CC.CC(NC=O)c1cnccn1.COC(=O)NC(C(=O)N1CCCC1c1ncc(-c2ccc(-c3ccc(-c4cnc(C5CC6CCC5C6)[nH]4)cc3)cc2)[nH]1)C(C)OC. The number of H-pyrrole nitrogens is 2. The maximum Gasteiger partial charge on any atom is 0.407 e. The van der Waals surface area contributed by atoms with Crippen molar-refractivity contribution in [1.82, 2.24) is 45.4 Å². The second-order valence-electron chi connectivity index (χ2n) is 15.2. The minimum absolute atomic E-state index is 0.0683. The molecule has 14 nitrogen and oxygen atoms in total. The minimum atomic E-state index is -0.863. The third-order valence-corrected chi connectivity index (χ3v) is 11.8. The van der Waals surface area contributed by atoms with Crippen LogP contribution >= 0.6 is 0 Å². The summed E-state index contributed by atoms with van der Waals surface area (Å²) in [6, 6.07) is 15.9. The molecule has 312 valence electrons. The molecule has 1 saturated heterocycles. The molecule has 14 heteroatoms. The smallest absolute Gasteiger partial charge is 0.407 e. The highest BCUT2D eigenvalue weighted by molar-refractivity contribution is 5.87. The fourth-order valence-electron chi connectivity index (χ4n) is 8.51. The van der Waals surface area contributed by atoms with Crippen molar-refractivity contribution in [1.29, 1.82) is 0 Å². The Morgan fingerprint density at radius 3 is 1.98 bits per heavy atom. The Kier molecular flexibility index (Phi) is 14.6. The first-order chi connectivity index (χ1) is 28.8. The van der Waals surface area contributed by atoms with E-state index in [-0.39, 0.29) is 18.0 Å². The quantitative estimate of drug-likeness (QED) is 0.0917. The summed E-state index contributed by atoms with van der Waals surface area (Å²) in [6.45, 7) is 8.17. The number of fused-ring (bicyclic) bond motifs is 2.